The molecule has 2 heterocycles. The van der Waals surface area contributed by atoms with Gasteiger partial charge >= 0.3 is 0 Å². The normalized spacial score (nSPS) is 21.2. The highest BCUT2D eigenvalue weighted by molar-refractivity contribution is 5.82. The molecular formula is C17H25N5O. The van der Waals surface area contributed by atoms with E-state index in [4.69, 9.17) is 0 Å². The lowest BCUT2D eigenvalue weighted by Gasteiger charge is -2.12. The molecule has 3 N–H and O–H groups in total. The van der Waals surface area contributed by atoms with Crippen LogP contribution in [0.5, 0.6) is 0 Å². The molecule has 2 unspecified atom stereocenters. The topological polar surface area (TPSA) is 71.0 Å². The van der Waals surface area contributed by atoms with Crippen molar-refractivity contribution in [2.75, 3.05) is 6.54 Å². The van der Waals surface area contributed by atoms with E-state index in [2.05, 4.69) is 39.6 Å². The number of carbonyl (C=O) groups excluding carboxylic acids is 1. The average molecular weight is 315 g/mol. The number of hydrazine groups is 1. The van der Waals surface area contributed by atoms with Crippen LogP contribution in [0.3, 0.4) is 0 Å². The highest BCUT2D eigenvalue weighted by Crippen LogP contribution is 2.14. The van der Waals surface area contributed by atoms with Crippen molar-refractivity contribution in [3.63, 3.8) is 0 Å². The van der Waals surface area contributed by atoms with Crippen molar-refractivity contribution in [2.45, 2.75) is 45.3 Å². The highest BCUT2D eigenvalue weighted by Gasteiger charge is 2.29. The Balaban J connectivity index is 1.46. The van der Waals surface area contributed by atoms with Gasteiger partial charge in [-0.3, -0.25) is 10.2 Å². The van der Waals surface area contributed by atoms with Gasteiger partial charge in [-0.15, -0.1) is 0 Å². The molecule has 0 spiro atoms. The van der Waals surface area contributed by atoms with Crippen molar-refractivity contribution in [3.8, 4) is 0 Å². The number of fused-ring (bicyclic) bond motifs is 1. The van der Waals surface area contributed by atoms with Crippen molar-refractivity contribution < 1.29 is 4.79 Å². The van der Waals surface area contributed by atoms with Crippen LogP contribution in [0.2, 0.25) is 0 Å². The van der Waals surface area contributed by atoms with Crippen molar-refractivity contribution in [2.24, 2.45) is 5.92 Å². The van der Waals surface area contributed by atoms with E-state index in [1.807, 2.05) is 30.6 Å². The van der Waals surface area contributed by atoms with Crippen LogP contribution in [-0.4, -0.2) is 34.1 Å². The number of amides is 1. The third-order valence-corrected chi connectivity index (χ3v) is 4.23. The second kappa shape index (κ2) is 7.10. The molecule has 1 aliphatic heterocycles. The van der Waals surface area contributed by atoms with E-state index in [1.54, 1.807) is 0 Å². The van der Waals surface area contributed by atoms with Crippen LogP contribution in [-0.2, 0) is 11.3 Å². The summed E-state index contributed by atoms with van der Waals surface area (Å²) < 4.78 is 2.07. The zero-order chi connectivity index (χ0) is 16.2. The Bertz CT molecular complexity index is 666. The molecule has 23 heavy (non-hydrogen) atoms. The van der Waals surface area contributed by atoms with E-state index in [0.29, 0.717) is 18.5 Å². The standard InChI is InChI=1S/C17H25N5O/c1-12(2)9-13-10-15(21-20-13)17(23)18-7-8-22-11-19-14-5-3-4-6-16(14)22/h3-6,11-13,15,20-21H,7-10H2,1-2H3,(H,18,23). The van der Waals surface area contributed by atoms with E-state index in [1.165, 1.54) is 0 Å². The molecule has 2 aromatic rings. The lowest BCUT2D eigenvalue weighted by atomic mass is 10.00. The van der Waals surface area contributed by atoms with Crippen molar-refractivity contribution in [1.82, 2.24) is 25.7 Å². The first kappa shape index (κ1) is 16.0. The van der Waals surface area contributed by atoms with Crippen LogP contribution in [0, 0.1) is 5.92 Å². The Morgan fingerprint density at radius 1 is 1.39 bits per heavy atom. The summed E-state index contributed by atoms with van der Waals surface area (Å²) in [6, 6.07) is 8.26. The second-order valence-electron chi connectivity index (χ2n) is 6.62. The number of para-hydroxylation sites is 2. The first-order valence-electron chi connectivity index (χ1n) is 8.32. The Kier molecular flexibility index (Phi) is 4.93. The summed E-state index contributed by atoms with van der Waals surface area (Å²) in [6.07, 6.45) is 3.75. The fourth-order valence-corrected chi connectivity index (χ4v) is 3.13. The minimum absolute atomic E-state index is 0.0631. The van der Waals surface area contributed by atoms with Gasteiger partial charge in [0.15, 0.2) is 0 Å². The van der Waals surface area contributed by atoms with E-state index < -0.39 is 0 Å². The molecule has 2 atom stereocenters. The maximum Gasteiger partial charge on any atom is 0.238 e. The molecule has 0 bridgehead atoms. The minimum atomic E-state index is -0.140. The van der Waals surface area contributed by atoms with Gasteiger partial charge in [-0.05, 0) is 30.9 Å². The molecular weight excluding hydrogens is 290 g/mol. The van der Waals surface area contributed by atoms with Crippen LogP contribution in [0.15, 0.2) is 30.6 Å². The summed E-state index contributed by atoms with van der Waals surface area (Å²) in [4.78, 5) is 16.6. The second-order valence-corrected chi connectivity index (χ2v) is 6.62. The van der Waals surface area contributed by atoms with E-state index >= 15 is 0 Å². The average Bonchev–Trinajstić information content (AvgIpc) is 3.14. The van der Waals surface area contributed by atoms with Crippen LogP contribution in [0.1, 0.15) is 26.7 Å². The monoisotopic (exact) mass is 315 g/mol. The van der Waals surface area contributed by atoms with E-state index in [-0.39, 0.29) is 11.9 Å². The molecule has 1 aromatic heterocycles. The molecule has 1 aliphatic rings. The number of carbonyl (C=O) groups is 1. The zero-order valence-corrected chi connectivity index (χ0v) is 13.7. The summed E-state index contributed by atoms with van der Waals surface area (Å²) in [7, 11) is 0. The molecule has 1 aromatic carbocycles. The Hall–Kier alpha value is -1.92. The Morgan fingerprint density at radius 3 is 3.04 bits per heavy atom. The Morgan fingerprint density at radius 2 is 2.22 bits per heavy atom. The van der Waals surface area contributed by atoms with Gasteiger partial charge in [0, 0.05) is 19.1 Å². The molecule has 1 saturated heterocycles. The van der Waals surface area contributed by atoms with Crippen LogP contribution >= 0.6 is 0 Å². The number of hydrogen-bond acceptors (Lipinski definition) is 4. The molecule has 6 nitrogen and oxygen atoms in total. The first-order chi connectivity index (χ1) is 11.1. The fourth-order valence-electron chi connectivity index (χ4n) is 3.13. The fraction of sp³-hybridized carbons (Fsp3) is 0.529. The predicted octanol–water partition coefficient (Wildman–Crippen LogP) is 1.43. The molecule has 0 saturated carbocycles. The number of benzene rings is 1. The molecule has 1 amide bonds. The van der Waals surface area contributed by atoms with Gasteiger partial charge in [-0.1, -0.05) is 26.0 Å². The van der Waals surface area contributed by atoms with Crippen LogP contribution in [0.4, 0.5) is 0 Å². The maximum absolute atomic E-state index is 12.2. The van der Waals surface area contributed by atoms with Gasteiger partial charge in [0.25, 0.3) is 0 Å². The summed E-state index contributed by atoms with van der Waals surface area (Å²) in [5.74, 6) is 0.693. The van der Waals surface area contributed by atoms with Crippen molar-refractivity contribution >= 4 is 16.9 Å². The number of nitrogens with zero attached hydrogens (tertiary/aromatic N) is 2. The first-order valence-corrected chi connectivity index (χ1v) is 8.32. The van der Waals surface area contributed by atoms with Gasteiger partial charge in [0.05, 0.1) is 17.4 Å². The van der Waals surface area contributed by atoms with Gasteiger partial charge in [-0.25, -0.2) is 10.4 Å². The summed E-state index contributed by atoms with van der Waals surface area (Å²) in [5, 5.41) is 3.01. The number of nitrogens with one attached hydrogen (secondary N) is 3. The number of rotatable bonds is 6. The van der Waals surface area contributed by atoms with Gasteiger partial charge in [-0.2, -0.15) is 0 Å². The maximum atomic E-state index is 12.2. The molecule has 3 rings (SSSR count). The molecule has 124 valence electrons. The molecule has 0 aliphatic carbocycles. The minimum Gasteiger partial charge on any atom is -0.353 e. The Labute approximate surface area is 136 Å². The molecule has 6 heteroatoms. The lowest BCUT2D eigenvalue weighted by molar-refractivity contribution is -0.122. The van der Waals surface area contributed by atoms with E-state index in [0.717, 1.165) is 30.4 Å². The van der Waals surface area contributed by atoms with Crippen molar-refractivity contribution in [3.05, 3.63) is 30.6 Å². The smallest absolute Gasteiger partial charge is 0.238 e. The van der Waals surface area contributed by atoms with E-state index in [9.17, 15) is 4.79 Å². The van der Waals surface area contributed by atoms with Crippen LogP contribution < -0.4 is 16.2 Å². The largest absolute Gasteiger partial charge is 0.353 e. The van der Waals surface area contributed by atoms with Gasteiger partial charge in [0.2, 0.25) is 5.91 Å². The molecule has 1 fully saturated rings. The number of aromatic nitrogens is 2. The van der Waals surface area contributed by atoms with Crippen LogP contribution in [0.25, 0.3) is 11.0 Å². The SMILES string of the molecule is CC(C)CC1CC(C(=O)NCCn2cnc3ccccc32)NN1. The third-order valence-electron chi connectivity index (χ3n) is 4.23. The quantitative estimate of drug-likeness (QED) is 0.754. The highest BCUT2D eigenvalue weighted by atomic mass is 16.2. The van der Waals surface area contributed by atoms with Gasteiger partial charge in [0.1, 0.15) is 6.04 Å². The van der Waals surface area contributed by atoms with Crippen molar-refractivity contribution in [1.29, 1.82) is 0 Å². The molecule has 0 radical (unpaired) electrons. The summed E-state index contributed by atoms with van der Waals surface area (Å²) in [5.41, 5.74) is 8.40. The summed E-state index contributed by atoms with van der Waals surface area (Å²) >= 11 is 0. The zero-order valence-electron chi connectivity index (χ0n) is 13.7. The number of hydrogen-bond donors (Lipinski definition) is 3. The van der Waals surface area contributed by atoms with Gasteiger partial charge < -0.3 is 9.88 Å². The third kappa shape index (κ3) is 3.89. The summed E-state index contributed by atoms with van der Waals surface area (Å²) in [6.45, 7) is 5.73. The number of imidazole rings is 1. The predicted molar refractivity (Wildman–Crippen MR) is 90.7 cm³/mol. The lowest BCUT2D eigenvalue weighted by Crippen LogP contribution is -2.44.